The minimum absolute atomic E-state index is 0.00369. The molecule has 0 spiro atoms. The van der Waals surface area contributed by atoms with Gasteiger partial charge in [0.25, 0.3) is 0 Å². The van der Waals surface area contributed by atoms with Crippen LogP contribution in [0.1, 0.15) is 10.4 Å². The Morgan fingerprint density at radius 2 is 1.95 bits per heavy atom. The highest BCUT2D eigenvalue weighted by molar-refractivity contribution is 6.39. The summed E-state index contributed by atoms with van der Waals surface area (Å²) in [5.74, 6) is -1.64. The molecule has 0 amide bonds. The standard InChI is InChI=1S/C12H7Cl3F2N2O3/c1-19-10(22-12(16)17)8(15)9(18-19)4-2-5(11(20)21)7(14)3-6(4)13/h2-3,12H,1H3,(H,20,21). The van der Waals surface area contributed by atoms with Crippen molar-refractivity contribution in [2.45, 2.75) is 6.61 Å². The van der Waals surface area contributed by atoms with Gasteiger partial charge in [0, 0.05) is 12.6 Å². The maximum atomic E-state index is 12.4. The molecule has 1 aromatic carbocycles. The maximum absolute atomic E-state index is 12.4. The fourth-order valence-electron chi connectivity index (χ4n) is 1.76. The van der Waals surface area contributed by atoms with E-state index >= 15 is 0 Å². The van der Waals surface area contributed by atoms with Gasteiger partial charge in [-0.1, -0.05) is 34.8 Å². The van der Waals surface area contributed by atoms with Crippen LogP contribution < -0.4 is 4.74 Å². The van der Waals surface area contributed by atoms with E-state index in [1.807, 2.05) is 0 Å². The molecule has 2 aromatic rings. The summed E-state index contributed by atoms with van der Waals surface area (Å²) in [6.07, 6.45) is 0. The van der Waals surface area contributed by atoms with Gasteiger partial charge in [0.05, 0.1) is 15.6 Å². The summed E-state index contributed by atoms with van der Waals surface area (Å²) in [6.45, 7) is -3.09. The van der Waals surface area contributed by atoms with Crippen molar-refractivity contribution in [2.75, 3.05) is 0 Å². The third-order valence-corrected chi connectivity index (χ3v) is 3.65. The van der Waals surface area contributed by atoms with Crippen LogP contribution in [0.5, 0.6) is 5.88 Å². The summed E-state index contributed by atoms with van der Waals surface area (Å²) < 4.78 is 30.0. The number of nitrogens with zero attached hydrogens (tertiary/aromatic N) is 2. The Morgan fingerprint density at radius 1 is 1.32 bits per heavy atom. The van der Waals surface area contributed by atoms with Crippen molar-refractivity contribution >= 4 is 40.8 Å². The van der Waals surface area contributed by atoms with Crippen LogP contribution in [0.2, 0.25) is 15.1 Å². The molecule has 0 bridgehead atoms. The Kier molecular flexibility index (Phi) is 4.79. The number of carbonyl (C=O) groups is 1. The first-order valence-electron chi connectivity index (χ1n) is 5.62. The largest absolute Gasteiger partial charge is 0.478 e. The lowest BCUT2D eigenvalue weighted by molar-refractivity contribution is -0.0552. The van der Waals surface area contributed by atoms with Gasteiger partial charge in [-0.25, -0.2) is 9.48 Å². The molecule has 1 N–H and O–H groups in total. The Hall–Kier alpha value is -1.57. The van der Waals surface area contributed by atoms with Crippen LogP contribution in [0.3, 0.4) is 0 Å². The SMILES string of the molecule is Cn1nc(-c2cc(C(=O)O)c(Cl)cc2Cl)c(Cl)c1OC(F)F. The molecule has 1 aromatic heterocycles. The van der Waals surface area contributed by atoms with Crippen molar-refractivity contribution in [3.05, 3.63) is 32.8 Å². The second-order valence-electron chi connectivity index (χ2n) is 4.09. The summed E-state index contributed by atoms with van der Waals surface area (Å²) in [5, 5.41) is 12.8. The third kappa shape index (κ3) is 3.11. The topological polar surface area (TPSA) is 64.4 Å². The normalized spacial score (nSPS) is 11.0. The van der Waals surface area contributed by atoms with Gasteiger partial charge in [0.2, 0.25) is 5.88 Å². The molecule has 118 valence electrons. The van der Waals surface area contributed by atoms with Gasteiger partial charge in [-0.05, 0) is 12.1 Å². The number of hydrogen-bond donors (Lipinski definition) is 1. The summed E-state index contributed by atoms with van der Waals surface area (Å²) >= 11 is 17.8. The lowest BCUT2D eigenvalue weighted by atomic mass is 10.1. The Bertz CT molecular complexity index is 750. The molecule has 0 saturated heterocycles. The zero-order chi connectivity index (χ0) is 16.6. The number of carboxylic acid groups (broad SMARTS) is 1. The predicted octanol–water partition coefficient (Wildman–Crippen LogP) is 4.35. The number of halogens is 5. The number of carboxylic acids is 1. The molecular formula is C12H7Cl3F2N2O3. The van der Waals surface area contributed by atoms with Gasteiger partial charge in [0.1, 0.15) is 10.7 Å². The summed E-state index contributed by atoms with van der Waals surface area (Å²) in [4.78, 5) is 11.1. The molecule has 22 heavy (non-hydrogen) atoms. The average Bonchev–Trinajstić information content (AvgIpc) is 2.66. The van der Waals surface area contributed by atoms with Crippen molar-refractivity contribution in [3.63, 3.8) is 0 Å². The highest BCUT2D eigenvalue weighted by atomic mass is 35.5. The molecule has 10 heteroatoms. The number of alkyl halides is 2. The van der Waals surface area contributed by atoms with Gasteiger partial charge in [-0.15, -0.1) is 0 Å². The zero-order valence-electron chi connectivity index (χ0n) is 10.8. The number of benzene rings is 1. The molecule has 0 radical (unpaired) electrons. The van der Waals surface area contributed by atoms with Gasteiger partial charge >= 0.3 is 12.6 Å². The van der Waals surface area contributed by atoms with E-state index in [0.29, 0.717) is 0 Å². The second kappa shape index (κ2) is 6.28. The van der Waals surface area contributed by atoms with Gasteiger partial charge < -0.3 is 9.84 Å². The van der Waals surface area contributed by atoms with Crippen LogP contribution in [0.4, 0.5) is 8.78 Å². The summed E-state index contributed by atoms with van der Waals surface area (Å²) in [6, 6.07) is 2.37. The van der Waals surface area contributed by atoms with E-state index in [9.17, 15) is 13.6 Å². The molecule has 2 rings (SSSR count). The van der Waals surface area contributed by atoms with E-state index in [0.717, 1.165) is 10.7 Å². The van der Waals surface area contributed by atoms with Crippen molar-refractivity contribution in [3.8, 4) is 17.1 Å². The first kappa shape index (κ1) is 16.8. The van der Waals surface area contributed by atoms with Crippen LogP contribution in [-0.2, 0) is 7.05 Å². The number of hydrogen-bond acceptors (Lipinski definition) is 3. The molecular weight excluding hydrogens is 364 g/mol. The first-order chi connectivity index (χ1) is 10.2. The summed E-state index contributed by atoms with van der Waals surface area (Å²) in [5.41, 5.74) is -0.0868. The van der Waals surface area contributed by atoms with E-state index in [2.05, 4.69) is 9.84 Å². The van der Waals surface area contributed by atoms with E-state index in [1.165, 1.54) is 13.1 Å². The van der Waals surface area contributed by atoms with E-state index in [4.69, 9.17) is 39.9 Å². The maximum Gasteiger partial charge on any atom is 0.388 e. The molecule has 0 unspecified atom stereocenters. The monoisotopic (exact) mass is 370 g/mol. The van der Waals surface area contributed by atoms with E-state index < -0.39 is 12.6 Å². The Labute approximate surface area is 138 Å². The summed E-state index contributed by atoms with van der Waals surface area (Å²) in [7, 11) is 1.34. The molecule has 0 saturated carbocycles. The van der Waals surface area contributed by atoms with Crippen molar-refractivity contribution in [1.29, 1.82) is 0 Å². The Morgan fingerprint density at radius 3 is 2.50 bits per heavy atom. The first-order valence-corrected chi connectivity index (χ1v) is 6.75. The van der Waals surface area contributed by atoms with Crippen LogP contribution in [0.25, 0.3) is 11.3 Å². The molecule has 1 heterocycles. The van der Waals surface area contributed by atoms with Crippen molar-refractivity contribution in [1.82, 2.24) is 9.78 Å². The smallest absolute Gasteiger partial charge is 0.388 e. The average molecular weight is 372 g/mol. The molecule has 0 aliphatic heterocycles. The van der Waals surface area contributed by atoms with Crippen LogP contribution in [0, 0.1) is 0 Å². The molecule has 0 aliphatic carbocycles. The molecule has 0 aliphatic rings. The van der Waals surface area contributed by atoms with Crippen molar-refractivity contribution in [2.24, 2.45) is 7.05 Å². The minimum Gasteiger partial charge on any atom is -0.478 e. The molecule has 5 nitrogen and oxygen atoms in total. The number of aryl methyl sites for hydroxylation is 1. The van der Waals surface area contributed by atoms with Crippen LogP contribution in [0.15, 0.2) is 12.1 Å². The predicted molar refractivity (Wildman–Crippen MR) is 77.3 cm³/mol. The fraction of sp³-hybridized carbons (Fsp3) is 0.167. The number of aromatic carboxylic acids is 1. The van der Waals surface area contributed by atoms with Crippen LogP contribution >= 0.6 is 34.8 Å². The van der Waals surface area contributed by atoms with Gasteiger partial charge in [-0.3, -0.25) is 0 Å². The zero-order valence-corrected chi connectivity index (χ0v) is 13.0. The molecule has 0 fully saturated rings. The van der Waals surface area contributed by atoms with Gasteiger partial charge in [-0.2, -0.15) is 13.9 Å². The van der Waals surface area contributed by atoms with E-state index in [1.54, 1.807) is 0 Å². The number of rotatable bonds is 4. The minimum atomic E-state index is -3.09. The lowest BCUT2D eigenvalue weighted by Gasteiger charge is -2.06. The van der Waals surface area contributed by atoms with Crippen molar-refractivity contribution < 1.29 is 23.4 Å². The number of aromatic nitrogens is 2. The molecule has 0 atom stereocenters. The Balaban J connectivity index is 2.62. The third-order valence-electron chi connectivity index (χ3n) is 2.68. The highest BCUT2D eigenvalue weighted by Crippen LogP contribution is 2.40. The lowest BCUT2D eigenvalue weighted by Crippen LogP contribution is -2.06. The number of ether oxygens (including phenoxy) is 1. The highest BCUT2D eigenvalue weighted by Gasteiger charge is 2.23. The van der Waals surface area contributed by atoms with E-state index in [-0.39, 0.29) is 37.8 Å². The second-order valence-corrected chi connectivity index (χ2v) is 5.28. The quantitative estimate of drug-likeness (QED) is 0.868. The van der Waals surface area contributed by atoms with Gasteiger partial charge in [0.15, 0.2) is 0 Å². The fourth-order valence-corrected chi connectivity index (χ4v) is 2.62. The van der Waals surface area contributed by atoms with Crippen LogP contribution in [-0.4, -0.2) is 27.5 Å².